The lowest BCUT2D eigenvalue weighted by atomic mass is 10.2. The van der Waals surface area contributed by atoms with Crippen LogP contribution in [0, 0.1) is 0 Å². The molecule has 1 N–H and O–H groups in total. The number of rotatable bonds is 4. The van der Waals surface area contributed by atoms with E-state index in [-0.39, 0.29) is 12.5 Å². The fourth-order valence-electron chi connectivity index (χ4n) is 1.60. The Kier molecular flexibility index (Phi) is 4.44. The van der Waals surface area contributed by atoms with Crippen LogP contribution in [0.1, 0.15) is 23.0 Å². The molecule has 0 atom stereocenters. The molecule has 20 heavy (non-hydrogen) atoms. The van der Waals surface area contributed by atoms with Gasteiger partial charge in [-0.05, 0) is 36.4 Å². The zero-order valence-electron chi connectivity index (χ0n) is 11.0. The molecule has 0 radical (unpaired) electrons. The molecule has 0 fully saturated rings. The van der Waals surface area contributed by atoms with Crippen molar-refractivity contribution in [3.05, 3.63) is 59.9 Å². The molecule has 1 heterocycles. The Morgan fingerprint density at radius 1 is 1.15 bits per heavy atom. The number of pyridine rings is 1. The molecule has 0 aliphatic rings. The highest BCUT2D eigenvalue weighted by molar-refractivity contribution is 5.92. The van der Waals surface area contributed by atoms with Gasteiger partial charge in [-0.15, -0.1) is 0 Å². The van der Waals surface area contributed by atoms with Crippen molar-refractivity contribution in [3.63, 3.8) is 0 Å². The lowest BCUT2D eigenvalue weighted by Crippen LogP contribution is -2.08. The van der Waals surface area contributed by atoms with Gasteiger partial charge in [-0.2, -0.15) is 0 Å². The van der Waals surface area contributed by atoms with Crippen molar-refractivity contribution < 1.29 is 14.3 Å². The summed E-state index contributed by atoms with van der Waals surface area (Å²) in [5, 5.41) is 2.63. The molecule has 1 aromatic carbocycles. The largest absolute Gasteiger partial charge is 0.456 e. The molecule has 2 rings (SSSR count). The van der Waals surface area contributed by atoms with Gasteiger partial charge in [-0.25, -0.2) is 4.79 Å². The minimum atomic E-state index is -0.426. The van der Waals surface area contributed by atoms with Crippen LogP contribution in [-0.2, 0) is 16.1 Å². The molecular formula is C15H14N2O3. The average Bonchev–Trinajstić information content (AvgIpc) is 2.46. The third kappa shape index (κ3) is 3.91. The van der Waals surface area contributed by atoms with Crippen molar-refractivity contribution in [1.82, 2.24) is 4.98 Å². The quantitative estimate of drug-likeness (QED) is 0.866. The topological polar surface area (TPSA) is 68.3 Å². The standard InChI is InChI=1S/C15H14N2O3/c1-11(18)17-13-7-5-12(6-8-13)15(19)20-10-14-4-2-3-9-16-14/h2-9H,10H2,1H3,(H,17,18). The zero-order valence-corrected chi connectivity index (χ0v) is 11.0. The van der Waals surface area contributed by atoms with Gasteiger partial charge in [0.2, 0.25) is 5.91 Å². The van der Waals surface area contributed by atoms with Crippen LogP contribution >= 0.6 is 0 Å². The summed E-state index contributed by atoms with van der Waals surface area (Å²) in [5.74, 6) is -0.583. The van der Waals surface area contributed by atoms with Gasteiger partial charge in [0.1, 0.15) is 6.61 Å². The molecule has 0 bridgehead atoms. The van der Waals surface area contributed by atoms with E-state index in [1.54, 1.807) is 42.6 Å². The second-order valence-electron chi connectivity index (χ2n) is 4.16. The fourth-order valence-corrected chi connectivity index (χ4v) is 1.60. The highest BCUT2D eigenvalue weighted by Crippen LogP contribution is 2.11. The van der Waals surface area contributed by atoms with E-state index in [0.717, 1.165) is 0 Å². The van der Waals surface area contributed by atoms with Crippen LogP contribution in [0.25, 0.3) is 0 Å². The van der Waals surface area contributed by atoms with E-state index in [1.165, 1.54) is 6.92 Å². The third-order valence-electron chi connectivity index (χ3n) is 2.52. The second kappa shape index (κ2) is 6.47. The molecule has 102 valence electrons. The van der Waals surface area contributed by atoms with E-state index in [4.69, 9.17) is 4.74 Å². The number of esters is 1. The predicted molar refractivity (Wildman–Crippen MR) is 74.1 cm³/mol. The molecule has 0 aliphatic carbocycles. The molecule has 1 aromatic heterocycles. The summed E-state index contributed by atoms with van der Waals surface area (Å²) >= 11 is 0. The van der Waals surface area contributed by atoms with Crippen LogP contribution < -0.4 is 5.32 Å². The van der Waals surface area contributed by atoms with Gasteiger partial charge in [0.05, 0.1) is 11.3 Å². The molecular weight excluding hydrogens is 256 g/mol. The highest BCUT2D eigenvalue weighted by atomic mass is 16.5. The highest BCUT2D eigenvalue weighted by Gasteiger charge is 2.07. The summed E-state index contributed by atoms with van der Waals surface area (Å²) in [7, 11) is 0. The van der Waals surface area contributed by atoms with E-state index in [2.05, 4.69) is 10.3 Å². The molecule has 5 nitrogen and oxygen atoms in total. The van der Waals surface area contributed by atoms with Crippen molar-refractivity contribution in [3.8, 4) is 0 Å². The Labute approximate surface area is 116 Å². The number of anilines is 1. The first-order chi connectivity index (χ1) is 9.65. The summed E-state index contributed by atoms with van der Waals surface area (Å²) in [6, 6.07) is 11.9. The van der Waals surface area contributed by atoms with E-state index in [9.17, 15) is 9.59 Å². The number of hydrogen-bond acceptors (Lipinski definition) is 4. The smallest absolute Gasteiger partial charge is 0.338 e. The van der Waals surface area contributed by atoms with Crippen molar-refractivity contribution >= 4 is 17.6 Å². The minimum Gasteiger partial charge on any atom is -0.456 e. The number of ether oxygens (including phenoxy) is 1. The summed E-state index contributed by atoms with van der Waals surface area (Å²) in [4.78, 5) is 26.8. The van der Waals surface area contributed by atoms with E-state index >= 15 is 0 Å². The van der Waals surface area contributed by atoms with Crippen molar-refractivity contribution in [1.29, 1.82) is 0 Å². The van der Waals surface area contributed by atoms with Gasteiger partial charge in [-0.3, -0.25) is 9.78 Å². The number of benzene rings is 1. The number of aromatic nitrogens is 1. The Bertz CT molecular complexity index is 594. The second-order valence-corrected chi connectivity index (χ2v) is 4.16. The van der Waals surface area contributed by atoms with Crippen LogP contribution in [0.4, 0.5) is 5.69 Å². The van der Waals surface area contributed by atoms with Gasteiger partial charge in [0, 0.05) is 18.8 Å². The van der Waals surface area contributed by atoms with Crippen LogP contribution in [0.5, 0.6) is 0 Å². The Balaban J connectivity index is 1.94. The maximum Gasteiger partial charge on any atom is 0.338 e. The van der Waals surface area contributed by atoms with Crippen molar-refractivity contribution in [2.45, 2.75) is 13.5 Å². The predicted octanol–water partition coefficient (Wildman–Crippen LogP) is 2.40. The molecule has 0 saturated carbocycles. The number of nitrogens with zero attached hydrogens (tertiary/aromatic N) is 1. The van der Waals surface area contributed by atoms with Gasteiger partial charge >= 0.3 is 5.97 Å². The van der Waals surface area contributed by atoms with Crippen LogP contribution in [0.15, 0.2) is 48.7 Å². The van der Waals surface area contributed by atoms with Crippen LogP contribution in [0.2, 0.25) is 0 Å². The molecule has 0 spiro atoms. The molecule has 5 heteroatoms. The minimum absolute atomic E-state index is 0.132. The molecule has 0 aliphatic heterocycles. The first kappa shape index (κ1) is 13.7. The van der Waals surface area contributed by atoms with E-state index < -0.39 is 5.97 Å². The van der Waals surface area contributed by atoms with Gasteiger partial charge in [0.25, 0.3) is 0 Å². The van der Waals surface area contributed by atoms with Gasteiger partial charge in [-0.1, -0.05) is 6.07 Å². The lowest BCUT2D eigenvalue weighted by Gasteiger charge is -2.05. The maximum atomic E-state index is 11.8. The zero-order chi connectivity index (χ0) is 14.4. The summed E-state index contributed by atoms with van der Waals surface area (Å²) < 4.78 is 5.15. The summed E-state index contributed by atoms with van der Waals surface area (Å²) in [6.45, 7) is 1.56. The van der Waals surface area contributed by atoms with Crippen LogP contribution in [0.3, 0.4) is 0 Å². The molecule has 0 saturated heterocycles. The van der Waals surface area contributed by atoms with Gasteiger partial charge < -0.3 is 10.1 Å². The maximum absolute atomic E-state index is 11.8. The molecule has 2 aromatic rings. The summed E-state index contributed by atoms with van der Waals surface area (Å²) in [6.07, 6.45) is 1.64. The van der Waals surface area contributed by atoms with Crippen molar-refractivity contribution in [2.24, 2.45) is 0 Å². The molecule has 0 unspecified atom stereocenters. The number of carbonyl (C=O) groups excluding carboxylic acids is 2. The SMILES string of the molecule is CC(=O)Nc1ccc(C(=O)OCc2ccccn2)cc1. The first-order valence-electron chi connectivity index (χ1n) is 6.10. The van der Waals surface area contributed by atoms with Gasteiger partial charge in [0.15, 0.2) is 0 Å². The lowest BCUT2D eigenvalue weighted by molar-refractivity contribution is -0.114. The third-order valence-corrected chi connectivity index (χ3v) is 2.52. The number of amides is 1. The normalized spacial score (nSPS) is 9.85. The average molecular weight is 270 g/mol. The summed E-state index contributed by atoms with van der Waals surface area (Å²) in [5.41, 5.74) is 1.75. The Hall–Kier alpha value is -2.69. The fraction of sp³-hybridized carbons (Fsp3) is 0.133. The molecule has 1 amide bonds. The van der Waals surface area contributed by atoms with E-state index in [1.807, 2.05) is 6.07 Å². The number of carbonyl (C=O) groups is 2. The first-order valence-corrected chi connectivity index (χ1v) is 6.10. The van der Waals surface area contributed by atoms with Crippen molar-refractivity contribution in [2.75, 3.05) is 5.32 Å². The van der Waals surface area contributed by atoms with Crippen LogP contribution in [-0.4, -0.2) is 16.9 Å². The van der Waals surface area contributed by atoms with E-state index in [0.29, 0.717) is 16.9 Å². The number of nitrogens with one attached hydrogen (secondary N) is 1. The monoisotopic (exact) mass is 270 g/mol. The Morgan fingerprint density at radius 2 is 1.90 bits per heavy atom. The number of hydrogen-bond donors (Lipinski definition) is 1. The Morgan fingerprint density at radius 3 is 2.50 bits per heavy atom.